The average Bonchev–Trinajstić information content (AvgIpc) is 3.13. The van der Waals surface area contributed by atoms with Crippen LogP contribution in [0, 0.1) is 0 Å². The molecule has 2 heteroatoms. The maximum absolute atomic E-state index is 2.48. The third-order valence-electron chi connectivity index (χ3n) is 12.8. The van der Waals surface area contributed by atoms with Crippen LogP contribution in [0.1, 0.15) is 277 Å². The molecule has 0 heterocycles. The van der Waals surface area contributed by atoms with Gasteiger partial charge in [-0.2, -0.15) is 0 Å². The summed E-state index contributed by atoms with van der Waals surface area (Å²) in [4.78, 5) is 0. The lowest BCUT2D eigenvalue weighted by atomic mass is 10.0. The van der Waals surface area contributed by atoms with E-state index in [4.69, 9.17) is 0 Å². The van der Waals surface area contributed by atoms with E-state index in [2.05, 4.69) is 42.0 Å². The molecule has 0 aliphatic carbocycles. The normalized spacial score (nSPS) is 12.3. The van der Waals surface area contributed by atoms with Gasteiger partial charge in [-0.15, -0.1) is 0 Å². The van der Waals surface area contributed by atoms with Gasteiger partial charge in [-0.1, -0.05) is 245 Å². The predicted octanol–water partition coefficient (Wildman–Crippen LogP) is 17.2. The van der Waals surface area contributed by atoms with Gasteiger partial charge in [-0.05, 0) is 25.7 Å². The highest BCUT2D eigenvalue weighted by Crippen LogP contribution is 2.18. The maximum atomic E-state index is 2.48. The number of unbranched alkanes of at least 4 members (excludes halogenated alkanes) is 38. The van der Waals surface area contributed by atoms with E-state index in [1.165, 1.54) is 298 Å². The molecular formula is C51H108N2+2. The van der Waals surface area contributed by atoms with Crippen LogP contribution in [0.25, 0.3) is 0 Å². The number of nitrogens with zero attached hydrogens (tertiary/aromatic N) is 2. The third-order valence-corrected chi connectivity index (χ3v) is 12.8. The Bertz CT molecular complexity index is 613. The van der Waals surface area contributed by atoms with Crippen molar-refractivity contribution < 1.29 is 8.97 Å². The van der Waals surface area contributed by atoms with E-state index in [9.17, 15) is 0 Å². The number of hydrogen-bond acceptors (Lipinski definition) is 0. The predicted molar refractivity (Wildman–Crippen MR) is 244 cm³/mol. The molecule has 0 spiro atoms. The van der Waals surface area contributed by atoms with Crippen molar-refractivity contribution in [2.75, 3.05) is 54.4 Å². The molecule has 0 aliphatic rings. The molecule has 0 atom stereocenters. The molecule has 0 fully saturated rings. The zero-order chi connectivity index (χ0) is 38.8. The van der Waals surface area contributed by atoms with Crippen LogP contribution in [-0.4, -0.2) is 63.3 Å². The Morgan fingerprint density at radius 2 is 0.302 bits per heavy atom. The molecule has 0 saturated carbocycles. The minimum absolute atomic E-state index is 1.22. The molecule has 0 aromatic rings. The lowest BCUT2D eigenvalue weighted by Gasteiger charge is -2.33. The fraction of sp³-hybridized carbons (Fsp3) is 1.00. The summed E-state index contributed by atoms with van der Waals surface area (Å²) >= 11 is 0. The first-order valence-corrected chi connectivity index (χ1v) is 25.5. The van der Waals surface area contributed by atoms with Crippen molar-refractivity contribution in [1.29, 1.82) is 0 Å². The molecule has 0 amide bonds. The zero-order valence-corrected chi connectivity index (χ0v) is 38.7. The molecule has 0 radical (unpaired) electrons. The molecule has 320 valence electrons. The fourth-order valence-electron chi connectivity index (χ4n) is 8.74. The van der Waals surface area contributed by atoms with Gasteiger partial charge in [0.05, 0.1) is 54.4 Å². The number of rotatable bonds is 46. The molecule has 53 heavy (non-hydrogen) atoms. The second-order valence-corrected chi connectivity index (χ2v) is 19.6. The Hall–Kier alpha value is -0.0800. The maximum Gasteiger partial charge on any atom is 0.0836 e. The molecule has 0 aromatic heterocycles. The van der Waals surface area contributed by atoms with Crippen molar-refractivity contribution in [3.63, 3.8) is 0 Å². The van der Waals surface area contributed by atoms with Crippen molar-refractivity contribution in [3.8, 4) is 0 Å². The van der Waals surface area contributed by atoms with Gasteiger partial charge in [0.25, 0.3) is 0 Å². The van der Waals surface area contributed by atoms with Crippen LogP contribution in [0.3, 0.4) is 0 Å². The van der Waals surface area contributed by atoms with Gasteiger partial charge in [0.2, 0.25) is 0 Å². The average molecular weight is 749 g/mol. The fourth-order valence-corrected chi connectivity index (χ4v) is 8.74. The van der Waals surface area contributed by atoms with Gasteiger partial charge < -0.3 is 8.97 Å². The van der Waals surface area contributed by atoms with E-state index in [-0.39, 0.29) is 0 Å². The van der Waals surface area contributed by atoms with Gasteiger partial charge in [0.1, 0.15) is 0 Å². The first kappa shape index (κ1) is 52.9. The first-order valence-electron chi connectivity index (χ1n) is 25.5. The quantitative estimate of drug-likeness (QED) is 0.0430. The Morgan fingerprint density at radius 1 is 0.170 bits per heavy atom. The molecule has 0 aliphatic heterocycles. The van der Waals surface area contributed by atoms with Crippen LogP contribution in [0.4, 0.5) is 0 Å². The zero-order valence-electron chi connectivity index (χ0n) is 38.7. The topological polar surface area (TPSA) is 0 Å². The largest absolute Gasteiger partial charge is 0.328 e. The smallest absolute Gasteiger partial charge is 0.0836 e. The summed E-state index contributed by atoms with van der Waals surface area (Å²) in [5.41, 5.74) is 0. The molecular weight excluding hydrogens is 641 g/mol. The molecule has 0 unspecified atom stereocenters. The van der Waals surface area contributed by atoms with Crippen molar-refractivity contribution >= 4 is 0 Å². The second-order valence-electron chi connectivity index (χ2n) is 19.6. The monoisotopic (exact) mass is 749 g/mol. The molecule has 2 nitrogen and oxygen atoms in total. The molecule has 0 saturated heterocycles. The SMILES string of the molecule is CCCCCCCCCCCCCCCCCCCCCC[N+](C)(C)CCC[N+](C)(C)CCCCCCCCCCCCCCCCCCCCCC. The third kappa shape index (κ3) is 44.5. The van der Waals surface area contributed by atoms with Gasteiger partial charge in [0.15, 0.2) is 0 Å². The molecule has 0 rings (SSSR count). The van der Waals surface area contributed by atoms with Crippen molar-refractivity contribution in [1.82, 2.24) is 0 Å². The molecule has 0 N–H and O–H groups in total. The van der Waals surface area contributed by atoms with E-state index in [1.807, 2.05) is 0 Å². The van der Waals surface area contributed by atoms with Gasteiger partial charge in [-0.25, -0.2) is 0 Å². The Balaban J connectivity index is 3.44. The van der Waals surface area contributed by atoms with Crippen LogP contribution in [-0.2, 0) is 0 Å². The summed E-state index contributed by atoms with van der Waals surface area (Å²) < 4.78 is 2.44. The summed E-state index contributed by atoms with van der Waals surface area (Å²) in [5.74, 6) is 0. The highest BCUT2D eigenvalue weighted by Gasteiger charge is 2.19. The minimum Gasteiger partial charge on any atom is -0.328 e. The lowest BCUT2D eigenvalue weighted by Crippen LogP contribution is -2.46. The van der Waals surface area contributed by atoms with E-state index < -0.39 is 0 Å². The van der Waals surface area contributed by atoms with Crippen LogP contribution >= 0.6 is 0 Å². The van der Waals surface area contributed by atoms with Crippen LogP contribution in [0.2, 0.25) is 0 Å². The van der Waals surface area contributed by atoms with Gasteiger partial charge >= 0.3 is 0 Å². The highest BCUT2D eigenvalue weighted by molar-refractivity contribution is 4.53. The molecule has 0 bridgehead atoms. The van der Waals surface area contributed by atoms with E-state index in [0.29, 0.717) is 0 Å². The van der Waals surface area contributed by atoms with E-state index in [1.54, 1.807) is 0 Å². The van der Waals surface area contributed by atoms with Crippen LogP contribution < -0.4 is 0 Å². The van der Waals surface area contributed by atoms with E-state index >= 15 is 0 Å². The summed E-state index contributed by atoms with van der Waals surface area (Å²) in [6.07, 6.45) is 60.1. The van der Waals surface area contributed by atoms with Crippen LogP contribution in [0.15, 0.2) is 0 Å². The van der Waals surface area contributed by atoms with Gasteiger partial charge in [-0.3, -0.25) is 0 Å². The molecule has 0 aromatic carbocycles. The van der Waals surface area contributed by atoms with Crippen molar-refractivity contribution in [2.45, 2.75) is 277 Å². The standard InChI is InChI=1S/C51H108N2/c1-7-9-11-13-15-17-19-21-23-25-27-29-31-33-35-37-39-41-43-45-48-52(3,4)50-47-51-53(5,6)49-46-44-42-40-38-36-34-32-30-28-26-24-22-20-18-16-14-12-10-8-2/h7-51H2,1-6H3/q+2. The summed E-state index contributed by atoms with van der Waals surface area (Å²) in [6.45, 7) is 10.1. The minimum atomic E-state index is 1.22. The summed E-state index contributed by atoms with van der Waals surface area (Å²) in [6, 6.07) is 0. The summed E-state index contributed by atoms with van der Waals surface area (Å²) in [7, 11) is 9.92. The van der Waals surface area contributed by atoms with Crippen molar-refractivity contribution in [3.05, 3.63) is 0 Å². The Labute approximate surface area is 339 Å². The number of quaternary nitrogens is 2. The Kier molecular flexibility index (Phi) is 41.5. The van der Waals surface area contributed by atoms with Crippen molar-refractivity contribution in [2.24, 2.45) is 0 Å². The van der Waals surface area contributed by atoms with Crippen LogP contribution in [0.5, 0.6) is 0 Å². The number of hydrogen-bond donors (Lipinski definition) is 0. The lowest BCUT2D eigenvalue weighted by molar-refractivity contribution is -0.909. The first-order chi connectivity index (χ1) is 25.8. The Morgan fingerprint density at radius 3 is 0.472 bits per heavy atom. The van der Waals surface area contributed by atoms with E-state index in [0.717, 1.165) is 0 Å². The second kappa shape index (κ2) is 41.6. The summed E-state index contributed by atoms with van der Waals surface area (Å²) in [5, 5.41) is 0. The van der Waals surface area contributed by atoms with Gasteiger partial charge in [0, 0.05) is 6.42 Å². The highest BCUT2D eigenvalue weighted by atomic mass is 15.3.